The topological polar surface area (TPSA) is 36.0 Å². The van der Waals surface area contributed by atoms with Gasteiger partial charge in [0.2, 0.25) is 5.91 Å². The molecule has 0 aromatic heterocycles. The Morgan fingerprint density at radius 2 is 1.71 bits per heavy atom. The number of nitrogens with zero attached hydrogens (tertiary/aromatic N) is 3. The van der Waals surface area contributed by atoms with E-state index in [9.17, 15) is 4.79 Å². The van der Waals surface area contributed by atoms with Crippen LogP contribution >= 0.6 is 0 Å². The highest BCUT2D eigenvalue weighted by atomic mass is 16.5. The van der Waals surface area contributed by atoms with Gasteiger partial charge in [0.05, 0.1) is 13.2 Å². The highest BCUT2D eigenvalue weighted by Crippen LogP contribution is 2.38. The fraction of sp³-hybridized carbons (Fsp3) is 0.947. The maximum atomic E-state index is 12.9. The largest absolute Gasteiger partial charge is 0.383 e. The minimum Gasteiger partial charge on any atom is -0.383 e. The van der Waals surface area contributed by atoms with Crippen LogP contribution in [0.3, 0.4) is 0 Å². The summed E-state index contributed by atoms with van der Waals surface area (Å²) in [4.78, 5) is 20.0. The van der Waals surface area contributed by atoms with E-state index < -0.39 is 0 Å². The van der Waals surface area contributed by atoms with Gasteiger partial charge in [0.25, 0.3) is 0 Å². The number of methoxy groups -OCH3 is 1. The number of hydrogen-bond acceptors (Lipinski definition) is 4. The summed E-state index contributed by atoms with van der Waals surface area (Å²) in [5, 5.41) is 0. The summed E-state index contributed by atoms with van der Waals surface area (Å²) < 4.78 is 5.16. The molecule has 3 atom stereocenters. The molecule has 24 heavy (non-hydrogen) atoms. The second-order valence-electron chi connectivity index (χ2n) is 7.98. The zero-order valence-electron chi connectivity index (χ0n) is 15.6. The Morgan fingerprint density at radius 1 is 1.00 bits per heavy atom. The smallest absolute Gasteiger partial charge is 0.237 e. The molecule has 0 radical (unpaired) electrons. The van der Waals surface area contributed by atoms with Crippen molar-refractivity contribution in [2.75, 3.05) is 59.5 Å². The predicted octanol–water partition coefficient (Wildman–Crippen LogP) is 1.68. The number of likely N-dealkylation sites (tertiary alicyclic amines) is 1. The molecule has 138 valence electrons. The van der Waals surface area contributed by atoms with Gasteiger partial charge in [-0.3, -0.25) is 14.6 Å². The van der Waals surface area contributed by atoms with E-state index in [1.807, 2.05) is 0 Å². The molecule has 1 aliphatic carbocycles. The second-order valence-corrected chi connectivity index (χ2v) is 7.98. The number of ether oxygens (including phenoxy) is 1. The summed E-state index contributed by atoms with van der Waals surface area (Å²) in [5.74, 6) is 1.93. The molecule has 5 heteroatoms. The van der Waals surface area contributed by atoms with Crippen LogP contribution in [0.5, 0.6) is 0 Å². The van der Waals surface area contributed by atoms with Crippen molar-refractivity contribution < 1.29 is 9.53 Å². The molecule has 1 saturated carbocycles. The van der Waals surface area contributed by atoms with E-state index in [2.05, 4.69) is 21.6 Å². The third-order valence-corrected chi connectivity index (χ3v) is 6.49. The van der Waals surface area contributed by atoms with Gasteiger partial charge >= 0.3 is 0 Å². The molecule has 0 aromatic carbocycles. The van der Waals surface area contributed by atoms with Crippen molar-refractivity contribution >= 4 is 5.91 Å². The highest BCUT2D eigenvalue weighted by Gasteiger charge is 2.39. The molecule has 2 heterocycles. The Balaban J connectivity index is 1.48. The molecule has 3 rings (SSSR count). The Labute approximate surface area is 147 Å². The van der Waals surface area contributed by atoms with Crippen LogP contribution in [0.1, 0.15) is 39.0 Å². The first-order valence-corrected chi connectivity index (χ1v) is 9.92. The van der Waals surface area contributed by atoms with Crippen molar-refractivity contribution in [2.45, 2.75) is 45.1 Å². The van der Waals surface area contributed by atoms with Crippen LogP contribution in [0.15, 0.2) is 0 Å². The normalized spacial score (nSPS) is 32.6. The van der Waals surface area contributed by atoms with E-state index in [1.165, 1.54) is 32.1 Å². The molecule has 0 bridgehead atoms. The van der Waals surface area contributed by atoms with E-state index >= 15 is 0 Å². The molecule has 2 saturated heterocycles. The molecule has 0 aromatic rings. The monoisotopic (exact) mass is 337 g/mol. The minimum atomic E-state index is 0.379. The third kappa shape index (κ3) is 4.30. The van der Waals surface area contributed by atoms with Crippen LogP contribution < -0.4 is 0 Å². The Kier molecular flexibility index (Phi) is 6.53. The first-order valence-electron chi connectivity index (χ1n) is 9.92. The summed E-state index contributed by atoms with van der Waals surface area (Å²) in [6.45, 7) is 9.93. The standard InChI is InChI=1S/C19H35N3O2/c1-16-7-8-22(18-6-4-3-5-17(16)18)19(23)15-21-11-9-20(10-12-21)13-14-24-2/h16-18H,3-15H2,1-2H3/t16-,17-,18-/m0/s1. The van der Waals surface area contributed by atoms with E-state index in [0.717, 1.165) is 57.7 Å². The maximum absolute atomic E-state index is 12.9. The van der Waals surface area contributed by atoms with E-state index in [-0.39, 0.29) is 0 Å². The average molecular weight is 338 g/mol. The summed E-state index contributed by atoms with van der Waals surface area (Å²) in [6, 6.07) is 0.526. The van der Waals surface area contributed by atoms with E-state index in [4.69, 9.17) is 4.74 Å². The van der Waals surface area contributed by atoms with Crippen LogP contribution in [-0.2, 0) is 9.53 Å². The van der Waals surface area contributed by atoms with Gasteiger partial charge in [0.15, 0.2) is 0 Å². The molecule has 0 N–H and O–H groups in total. The predicted molar refractivity (Wildman–Crippen MR) is 96.0 cm³/mol. The van der Waals surface area contributed by atoms with Crippen molar-refractivity contribution in [1.29, 1.82) is 0 Å². The lowest BCUT2D eigenvalue weighted by Gasteiger charge is -2.48. The van der Waals surface area contributed by atoms with Crippen LogP contribution in [0.25, 0.3) is 0 Å². The lowest BCUT2D eigenvalue weighted by molar-refractivity contribution is -0.140. The van der Waals surface area contributed by atoms with Crippen LogP contribution in [0.2, 0.25) is 0 Å². The first-order chi connectivity index (χ1) is 11.7. The number of fused-ring (bicyclic) bond motifs is 1. The Hall–Kier alpha value is -0.650. The molecular weight excluding hydrogens is 302 g/mol. The van der Waals surface area contributed by atoms with Gasteiger partial charge in [-0.05, 0) is 31.1 Å². The van der Waals surface area contributed by atoms with Gasteiger partial charge < -0.3 is 9.64 Å². The summed E-state index contributed by atoms with van der Waals surface area (Å²) in [6.07, 6.45) is 6.41. The lowest BCUT2D eigenvalue weighted by Crippen LogP contribution is -2.56. The van der Waals surface area contributed by atoms with Crippen LogP contribution in [0.4, 0.5) is 0 Å². The SMILES string of the molecule is COCCN1CCN(CC(=O)N2CC[C@H](C)[C@@H]3CCCC[C@@H]32)CC1. The fourth-order valence-corrected chi connectivity index (χ4v) is 4.90. The number of amides is 1. The van der Waals surface area contributed by atoms with Crippen molar-refractivity contribution in [3.8, 4) is 0 Å². The van der Waals surface area contributed by atoms with Crippen molar-refractivity contribution in [1.82, 2.24) is 14.7 Å². The molecule has 1 amide bonds. The van der Waals surface area contributed by atoms with Gasteiger partial charge in [-0.1, -0.05) is 19.8 Å². The first kappa shape index (κ1) is 18.2. The fourth-order valence-electron chi connectivity index (χ4n) is 4.90. The van der Waals surface area contributed by atoms with Crippen LogP contribution in [-0.4, -0.2) is 86.2 Å². The summed E-state index contributed by atoms with van der Waals surface area (Å²) >= 11 is 0. The van der Waals surface area contributed by atoms with Gasteiger partial charge in [-0.2, -0.15) is 0 Å². The molecule has 5 nitrogen and oxygen atoms in total. The molecular formula is C19H35N3O2. The Bertz CT molecular complexity index is 409. The number of carbonyl (C=O) groups is 1. The van der Waals surface area contributed by atoms with E-state index in [0.29, 0.717) is 18.5 Å². The zero-order valence-corrected chi connectivity index (χ0v) is 15.6. The number of carbonyl (C=O) groups excluding carboxylic acids is 1. The van der Waals surface area contributed by atoms with Gasteiger partial charge in [0, 0.05) is 52.4 Å². The van der Waals surface area contributed by atoms with Crippen LogP contribution in [0, 0.1) is 11.8 Å². The summed E-state index contributed by atoms with van der Waals surface area (Å²) in [7, 11) is 1.76. The quantitative estimate of drug-likeness (QED) is 0.765. The number of piperidine rings is 1. The number of hydrogen-bond donors (Lipinski definition) is 0. The third-order valence-electron chi connectivity index (χ3n) is 6.49. The van der Waals surface area contributed by atoms with Gasteiger partial charge in [-0.15, -0.1) is 0 Å². The van der Waals surface area contributed by atoms with Crippen molar-refractivity contribution in [2.24, 2.45) is 11.8 Å². The van der Waals surface area contributed by atoms with Gasteiger partial charge in [0.1, 0.15) is 0 Å². The Morgan fingerprint density at radius 3 is 2.46 bits per heavy atom. The van der Waals surface area contributed by atoms with Crippen molar-refractivity contribution in [3.05, 3.63) is 0 Å². The number of piperazine rings is 1. The zero-order chi connectivity index (χ0) is 16.9. The maximum Gasteiger partial charge on any atom is 0.237 e. The average Bonchev–Trinajstić information content (AvgIpc) is 2.61. The molecule has 0 unspecified atom stereocenters. The molecule has 0 spiro atoms. The molecule has 2 aliphatic heterocycles. The number of rotatable bonds is 5. The van der Waals surface area contributed by atoms with Crippen molar-refractivity contribution in [3.63, 3.8) is 0 Å². The second kappa shape index (κ2) is 8.63. The minimum absolute atomic E-state index is 0.379. The lowest BCUT2D eigenvalue weighted by atomic mass is 9.72. The molecule has 3 fully saturated rings. The van der Waals surface area contributed by atoms with E-state index in [1.54, 1.807) is 7.11 Å². The highest BCUT2D eigenvalue weighted by molar-refractivity contribution is 5.78. The molecule has 3 aliphatic rings. The van der Waals surface area contributed by atoms with Gasteiger partial charge in [-0.25, -0.2) is 0 Å². The summed E-state index contributed by atoms with van der Waals surface area (Å²) in [5.41, 5.74) is 0.